The predicted molar refractivity (Wildman–Crippen MR) is 75.9 cm³/mol. The predicted octanol–water partition coefficient (Wildman–Crippen LogP) is 2.59. The van der Waals surface area contributed by atoms with E-state index in [0.717, 1.165) is 18.5 Å². The molecule has 19 heavy (non-hydrogen) atoms. The number of benzene rings is 1. The highest BCUT2D eigenvalue weighted by Crippen LogP contribution is 2.09. The van der Waals surface area contributed by atoms with Crippen LogP contribution in [0.25, 0.3) is 0 Å². The second-order valence-electron chi connectivity index (χ2n) is 5.17. The molecule has 0 unspecified atom stereocenters. The van der Waals surface area contributed by atoms with Gasteiger partial charge in [-0.25, -0.2) is 4.39 Å². The van der Waals surface area contributed by atoms with Crippen molar-refractivity contribution in [3.63, 3.8) is 0 Å². The van der Waals surface area contributed by atoms with Gasteiger partial charge in [0.2, 0.25) is 0 Å². The first-order valence-corrected chi connectivity index (χ1v) is 6.66. The van der Waals surface area contributed by atoms with Crippen LogP contribution in [0.1, 0.15) is 36.2 Å². The van der Waals surface area contributed by atoms with Crippen molar-refractivity contribution in [2.24, 2.45) is 0 Å². The molecule has 0 heterocycles. The summed E-state index contributed by atoms with van der Waals surface area (Å²) in [5, 5.41) is 2.75. The van der Waals surface area contributed by atoms with Crippen LogP contribution in [0.2, 0.25) is 0 Å². The van der Waals surface area contributed by atoms with Gasteiger partial charge in [-0.3, -0.25) is 4.79 Å². The van der Waals surface area contributed by atoms with E-state index in [1.807, 2.05) is 7.05 Å². The van der Waals surface area contributed by atoms with Gasteiger partial charge >= 0.3 is 0 Å². The van der Waals surface area contributed by atoms with Crippen LogP contribution in [0.4, 0.5) is 4.39 Å². The maximum absolute atomic E-state index is 13.6. The van der Waals surface area contributed by atoms with Crippen molar-refractivity contribution >= 4 is 5.91 Å². The fourth-order valence-electron chi connectivity index (χ4n) is 1.69. The van der Waals surface area contributed by atoms with Crippen molar-refractivity contribution in [1.82, 2.24) is 10.2 Å². The molecule has 0 aliphatic rings. The van der Waals surface area contributed by atoms with E-state index in [0.29, 0.717) is 12.6 Å². The Morgan fingerprint density at radius 2 is 2.11 bits per heavy atom. The van der Waals surface area contributed by atoms with Crippen molar-refractivity contribution in [3.8, 4) is 0 Å². The molecule has 0 fully saturated rings. The highest BCUT2D eigenvalue weighted by Gasteiger charge is 2.11. The van der Waals surface area contributed by atoms with Gasteiger partial charge in [0, 0.05) is 12.6 Å². The minimum absolute atomic E-state index is 0.114. The number of rotatable bonds is 6. The molecule has 1 amide bonds. The molecule has 1 aromatic carbocycles. The average Bonchev–Trinajstić information content (AvgIpc) is 2.33. The van der Waals surface area contributed by atoms with Crippen LogP contribution in [0, 0.1) is 12.7 Å². The standard InChI is InChI=1S/C15H23FN2O/c1-11(2)18(4)9-5-8-17-15(19)13-7-6-12(3)10-14(13)16/h6-7,10-11H,5,8-9H2,1-4H3,(H,17,19). The van der Waals surface area contributed by atoms with Crippen LogP contribution in [0.15, 0.2) is 18.2 Å². The van der Waals surface area contributed by atoms with Crippen molar-refractivity contribution in [3.05, 3.63) is 35.1 Å². The van der Waals surface area contributed by atoms with E-state index >= 15 is 0 Å². The van der Waals surface area contributed by atoms with Gasteiger partial charge < -0.3 is 10.2 Å². The molecule has 0 aromatic heterocycles. The summed E-state index contributed by atoms with van der Waals surface area (Å²) >= 11 is 0. The zero-order chi connectivity index (χ0) is 14.4. The van der Waals surface area contributed by atoms with Gasteiger partial charge in [0.1, 0.15) is 5.82 Å². The quantitative estimate of drug-likeness (QED) is 0.803. The molecule has 0 aliphatic heterocycles. The molecule has 0 aliphatic carbocycles. The number of nitrogens with zero attached hydrogens (tertiary/aromatic N) is 1. The van der Waals surface area contributed by atoms with Gasteiger partial charge in [0.25, 0.3) is 5.91 Å². The Kier molecular flexibility index (Phi) is 5.96. The summed E-state index contributed by atoms with van der Waals surface area (Å²) in [6.07, 6.45) is 0.855. The molecule has 1 N–H and O–H groups in total. The lowest BCUT2D eigenvalue weighted by Crippen LogP contribution is -2.31. The monoisotopic (exact) mass is 266 g/mol. The molecule has 106 valence electrons. The second kappa shape index (κ2) is 7.24. The number of carbonyl (C=O) groups excluding carboxylic acids is 1. The molecular formula is C15H23FN2O. The number of hydrogen-bond donors (Lipinski definition) is 1. The lowest BCUT2D eigenvalue weighted by atomic mass is 10.1. The van der Waals surface area contributed by atoms with Gasteiger partial charge in [-0.2, -0.15) is 0 Å². The van der Waals surface area contributed by atoms with Gasteiger partial charge in [0.15, 0.2) is 0 Å². The maximum atomic E-state index is 13.6. The Bertz CT molecular complexity index is 432. The summed E-state index contributed by atoms with van der Waals surface area (Å²) in [5.41, 5.74) is 0.926. The third-order valence-corrected chi connectivity index (χ3v) is 3.22. The number of carbonyl (C=O) groups is 1. The Morgan fingerprint density at radius 1 is 1.42 bits per heavy atom. The zero-order valence-electron chi connectivity index (χ0n) is 12.2. The van der Waals surface area contributed by atoms with E-state index in [1.165, 1.54) is 12.1 Å². The molecule has 1 aromatic rings. The minimum atomic E-state index is -0.461. The molecule has 0 radical (unpaired) electrons. The number of hydrogen-bond acceptors (Lipinski definition) is 2. The van der Waals surface area contributed by atoms with Gasteiger partial charge in [-0.1, -0.05) is 6.07 Å². The van der Waals surface area contributed by atoms with E-state index in [2.05, 4.69) is 24.1 Å². The number of halogens is 1. The van der Waals surface area contributed by atoms with Crippen molar-refractivity contribution < 1.29 is 9.18 Å². The van der Waals surface area contributed by atoms with Crippen molar-refractivity contribution in [2.75, 3.05) is 20.1 Å². The van der Waals surface area contributed by atoms with E-state index < -0.39 is 5.82 Å². The zero-order valence-corrected chi connectivity index (χ0v) is 12.2. The molecule has 0 saturated carbocycles. The summed E-state index contributed by atoms with van der Waals surface area (Å²) in [5.74, 6) is -0.804. The number of aryl methyl sites for hydroxylation is 1. The number of amides is 1. The molecule has 0 bridgehead atoms. The van der Waals surface area contributed by atoms with Crippen LogP contribution in [0.5, 0.6) is 0 Å². The molecular weight excluding hydrogens is 243 g/mol. The van der Waals surface area contributed by atoms with E-state index in [4.69, 9.17) is 0 Å². The summed E-state index contributed by atoms with van der Waals surface area (Å²) in [6.45, 7) is 7.52. The highest BCUT2D eigenvalue weighted by atomic mass is 19.1. The lowest BCUT2D eigenvalue weighted by Gasteiger charge is -2.20. The Hall–Kier alpha value is -1.42. The summed E-state index contributed by atoms with van der Waals surface area (Å²) in [7, 11) is 2.05. The van der Waals surface area contributed by atoms with Crippen LogP contribution < -0.4 is 5.32 Å². The highest BCUT2D eigenvalue weighted by molar-refractivity contribution is 5.94. The SMILES string of the molecule is Cc1ccc(C(=O)NCCCN(C)C(C)C)c(F)c1. The molecule has 1 rings (SSSR count). The van der Waals surface area contributed by atoms with E-state index in [-0.39, 0.29) is 11.5 Å². The largest absolute Gasteiger partial charge is 0.352 e. The van der Waals surface area contributed by atoms with Gasteiger partial charge in [-0.05, 0) is 58.5 Å². The Labute approximate surface area is 114 Å². The van der Waals surface area contributed by atoms with E-state index in [9.17, 15) is 9.18 Å². The number of nitrogens with one attached hydrogen (secondary N) is 1. The van der Waals surface area contributed by atoms with Crippen LogP contribution in [-0.2, 0) is 0 Å². The van der Waals surface area contributed by atoms with Gasteiger partial charge in [-0.15, -0.1) is 0 Å². The van der Waals surface area contributed by atoms with Crippen LogP contribution >= 0.6 is 0 Å². The first-order chi connectivity index (χ1) is 8.91. The topological polar surface area (TPSA) is 32.3 Å². The fourth-order valence-corrected chi connectivity index (χ4v) is 1.69. The minimum Gasteiger partial charge on any atom is -0.352 e. The Morgan fingerprint density at radius 3 is 2.68 bits per heavy atom. The van der Waals surface area contributed by atoms with Crippen molar-refractivity contribution in [1.29, 1.82) is 0 Å². The van der Waals surface area contributed by atoms with Crippen LogP contribution in [-0.4, -0.2) is 37.0 Å². The third kappa shape index (κ3) is 4.99. The lowest BCUT2D eigenvalue weighted by molar-refractivity contribution is 0.0947. The molecule has 0 saturated heterocycles. The molecule has 0 spiro atoms. The fraction of sp³-hybridized carbons (Fsp3) is 0.533. The average molecular weight is 266 g/mol. The summed E-state index contributed by atoms with van der Waals surface area (Å²) in [4.78, 5) is 14.0. The molecule has 3 nitrogen and oxygen atoms in total. The van der Waals surface area contributed by atoms with Gasteiger partial charge in [0.05, 0.1) is 5.56 Å². The normalized spacial score (nSPS) is 11.1. The summed E-state index contributed by atoms with van der Waals surface area (Å²) in [6, 6.07) is 5.14. The third-order valence-electron chi connectivity index (χ3n) is 3.22. The Balaban J connectivity index is 2.39. The summed E-state index contributed by atoms with van der Waals surface area (Å²) < 4.78 is 13.6. The van der Waals surface area contributed by atoms with Crippen molar-refractivity contribution in [2.45, 2.75) is 33.2 Å². The second-order valence-corrected chi connectivity index (χ2v) is 5.17. The maximum Gasteiger partial charge on any atom is 0.254 e. The molecule has 0 atom stereocenters. The first kappa shape index (κ1) is 15.6. The molecule has 4 heteroatoms. The van der Waals surface area contributed by atoms with E-state index in [1.54, 1.807) is 13.0 Å². The van der Waals surface area contributed by atoms with Crippen LogP contribution in [0.3, 0.4) is 0 Å². The first-order valence-electron chi connectivity index (χ1n) is 6.66. The smallest absolute Gasteiger partial charge is 0.254 e.